The molecule has 2 saturated heterocycles. The largest absolute Gasteiger partial charge is 0.490 e. The number of carbonyl (C=O) groups is 2. The van der Waals surface area contributed by atoms with Crippen LogP contribution in [0, 0.1) is 5.92 Å². The molecule has 34 heavy (non-hydrogen) atoms. The number of aromatic nitrogens is 4. The average Bonchev–Trinajstić information content (AvgIpc) is 3.31. The number of rotatable bonds is 3. The monoisotopic (exact) mass is 492 g/mol. The van der Waals surface area contributed by atoms with Crippen LogP contribution in [0.5, 0.6) is 0 Å². The lowest BCUT2D eigenvalue weighted by Crippen LogP contribution is -2.35. The zero-order chi connectivity index (χ0) is 25.0. The van der Waals surface area contributed by atoms with Gasteiger partial charge in [-0.1, -0.05) is 0 Å². The van der Waals surface area contributed by atoms with Crippen molar-refractivity contribution in [3.63, 3.8) is 0 Å². The highest BCUT2D eigenvalue weighted by molar-refractivity contribution is 5.95. The Morgan fingerprint density at radius 1 is 1.18 bits per heavy atom. The summed E-state index contributed by atoms with van der Waals surface area (Å²) in [6.07, 6.45) is -3.29. The van der Waals surface area contributed by atoms with E-state index in [1.807, 2.05) is 4.90 Å². The lowest BCUT2D eigenvalue weighted by atomic mass is 10.1. The van der Waals surface area contributed by atoms with Crippen molar-refractivity contribution < 1.29 is 41.4 Å². The number of hydrogen-bond acceptors (Lipinski definition) is 7. The Labute approximate surface area is 189 Å². The zero-order valence-corrected chi connectivity index (χ0v) is 17.8. The number of likely N-dealkylation sites (tertiary alicyclic amines) is 1. The standard InChI is InChI=1S/C17H20F2N6O2.C2HF3O2/c1-23-9-12(14(22-23)15(18)19)16(26)25-8-11-7-24(5-6-27-13(11)10-25)17-20-3-2-4-21-17;3-2(4,5)1(6)7/h2-4,9,11,13,15H,5-8,10H2,1H3;(H,6,7)/t11-,13+;/m0./s1. The second kappa shape index (κ2) is 10.3. The summed E-state index contributed by atoms with van der Waals surface area (Å²) in [5.74, 6) is -2.50. The van der Waals surface area contributed by atoms with Crippen LogP contribution in [0.4, 0.5) is 27.9 Å². The number of fused-ring (bicyclic) bond motifs is 1. The van der Waals surface area contributed by atoms with Crippen molar-refractivity contribution in [2.24, 2.45) is 13.0 Å². The van der Waals surface area contributed by atoms with Gasteiger partial charge in [0, 0.05) is 57.7 Å². The first kappa shape index (κ1) is 25.3. The minimum Gasteiger partial charge on any atom is -0.475 e. The van der Waals surface area contributed by atoms with Gasteiger partial charge in [-0.25, -0.2) is 23.5 Å². The van der Waals surface area contributed by atoms with E-state index in [2.05, 4.69) is 15.1 Å². The topological polar surface area (TPSA) is 114 Å². The van der Waals surface area contributed by atoms with Crippen LogP contribution in [-0.4, -0.2) is 86.7 Å². The molecule has 2 fully saturated rings. The molecule has 186 valence electrons. The summed E-state index contributed by atoms with van der Waals surface area (Å²) in [7, 11) is 1.53. The van der Waals surface area contributed by atoms with Crippen LogP contribution >= 0.6 is 0 Å². The molecule has 0 bridgehead atoms. The molecular formula is C19H21F5N6O4. The number of amides is 1. The van der Waals surface area contributed by atoms with Crippen LogP contribution in [0.1, 0.15) is 22.5 Å². The predicted octanol–water partition coefficient (Wildman–Crippen LogP) is 1.76. The van der Waals surface area contributed by atoms with Gasteiger partial charge >= 0.3 is 12.1 Å². The molecule has 2 aliphatic heterocycles. The van der Waals surface area contributed by atoms with Gasteiger partial charge in [-0.3, -0.25) is 9.48 Å². The third-order valence-corrected chi connectivity index (χ3v) is 5.19. The normalized spacial score (nSPS) is 20.4. The molecule has 2 aromatic heterocycles. The third-order valence-electron chi connectivity index (χ3n) is 5.19. The van der Waals surface area contributed by atoms with Crippen molar-refractivity contribution in [3.05, 3.63) is 35.9 Å². The molecule has 0 saturated carbocycles. The molecule has 0 unspecified atom stereocenters. The Bertz CT molecular complexity index is 1000. The number of carbonyl (C=O) groups excluding carboxylic acids is 1. The predicted molar refractivity (Wildman–Crippen MR) is 105 cm³/mol. The van der Waals surface area contributed by atoms with E-state index in [4.69, 9.17) is 14.6 Å². The molecule has 0 aliphatic carbocycles. The number of alkyl halides is 5. The molecule has 2 aliphatic rings. The highest BCUT2D eigenvalue weighted by Gasteiger charge is 2.40. The van der Waals surface area contributed by atoms with Crippen molar-refractivity contribution in [2.75, 3.05) is 37.7 Å². The Hall–Kier alpha value is -3.36. The van der Waals surface area contributed by atoms with Crippen LogP contribution < -0.4 is 4.90 Å². The summed E-state index contributed by atoms with van der Waals surface area (Å²) < 4.78 is 65.3. The molecule has 4 rings (SSSR count). The first-order valence-electron chi connectivity index (χ1n) is 10.0. The highest BCUT2D eigenvalue weighted by Crippen LogP contribution is 2.28. The summed E-state index contributed by atoms with van der Waals surface area (Å²) in [5.41, 5.74) is -0.526. The number of anilines is 1. The number of aryl methyl sites for hydroxylation is 1. The fraction of sp³-hybridized carbons (Fsp3) is 0.526. The molecule has 10 nitrogen and oxygen atoms in total. The fourth-order valence-electron chi connectivity index (χ4n) is 3.70. The van der Waals surface area contributed by atoms with Gasteiger partial charge in [0.1, 0.15) is 5.69 Å². The van der Waals surface area contributed by atoms with E-state index in [1.165, 1.54) is 17.9 Å². The number of hydrogen-bond donors (Lipinski definition) is 1. The molecule has 4 heterocycles. The number of halogens is 5. The second-order valence-electron chi connectivity index (χ2n) is 7.58. The lowest BCUT2D eigenvalue weighted by Gasteiger charge is -2.23. The van der Waals surface area contributed by atoms with E-state index in [1.54, 1.807) is 23.4 Å². The second-order valence-corrected chi connectivity index (χ2v) is 7.58. The first-order valence-corrected chi connectivity index (χ1v) is 10.0. The van der Waals surface area contributed by atoms with Gasteiger partial charge in [0.05, 0.1) is 18.3 Å². The molecule has 2 atom stereocenters. The average molecular weight is 492 g/mol. The van der Waals surface area contributed by atoms with Gasteiger partial charge in [-0.05, 0) is 6.07 Å². The molecule has 15 heteroatoms. The Morgan fingerprint density at radius 3 is 2.41 bits per heavy atom. The van der Waals surface area contributed by atoms with Crippen molar-refractivity contribution in [1.82, 2.24) is 24.6 Å². The van der Waals surface area contributed by atoms with E-state index in [-0.39, 0.29) is 17.6 Å². The third kappa shape index (κ3) is 5.95. The Kier molecular flexibility index (Phi) is 7.64. The molecule has 0 aromatic carbocycles. The summed E-state index contributed by atoms with van der Waals surface area (Å²) in [5, 5.41) is 10.8. The van der Waals surface area contributed by atoms with E-state index in [0.29, 0.717) is 38.7 Å². The maximum Gasteiger partial charge on any atom is 0.490 e. The number of carboxylic acids is 1. The number of nitrogens with zero attached hydrogens (tertiary/aromatic N) is 6. The summed E-state index contributed by atoms with van der Waals surface area (Å²) in [6.45, 7) is 2.63. The van der Waals surface area contributed by atoms with Crippen LogP contribution in [0.2, 0.25) is 0 Å². The van der Waals surface area contributed by atoms with Crippen molar-refractivity contribution in [3.8, 4) is 0 Å². The Balaban J connectivity index is 0.000000406. The molecule has 2 aromatic rings. The van der Waals surface area contributed by atoms with E-state index in [0.717, 1.165) is 0 Å². The highest BCUT2D eigenvalue weighted by atomic mass is 19.4. The minimum absolute atomic E-state index is 0.0489. The van der Waals surface area contributed by atoms with Gasteiger partial charge < -0.3 is 19.6 Å². The number of aliphatic carboxylic acids is 1. The van der Waals surface area contributed by atoms with Crippen molar-refractivity contribution >= 4 is 17.8 Å². The summed E-state index contributed by atoms with van der Waals surface area (Å²) in [6, 6.07) is 1.76. The van der Waals surface area contributed by atoms with E-state index < -0.39 is 30.2 Å². The number of carboxylic acid groups (broad SMARTS) is 1. The van der Waals surface area contributed by atoms with Crippen LogP contribution in [0.3, 0.4) is 0 Å². The van der Waals surface area contributed by atoms with Crippen molar-refractivity contribution in [2.45, 2.75) is 18.7 Å². The molecule has 1 amide bonds. The zero-order valence-electron chi connectivity index (χ0n) is 17.8. The van der Waals surface area contributed by atoms with Gasteiger partial charge in [0.2, 0.25) is 5.95 Å². The summed E-state index contributed by atoms with van der Waals surface area (Å²) >= 11 is 0. The van der Waals surface area contributed by atoms with Gasteiger partial charge in [0.25, 0.3) is 12.3 Å². The Morgan fingerprint density at radius 2 is 1.82 bits per heavy atom. The summed E-state index contributed by atoms with van der Waals surface area (Å²) in [4.78, 5) is 33.9. The van der Waals surface area contributed by atoms with Gasteiger partial charge in [-0.15, -0.1) is 0 Å². The van der Waals surface area contributed by atoms with Crippen molar-refractivity contribution in [1.29, 1.82) is 0 Å². The lowest BCUT2D eigenvalue weighted by molar-refractivity contribution is -0.192. The van der Waals surface area contributed by atoms with E-state index >= 15 is 0 Å². The van der Waals surface area contributed by atoms with E-state index in [9.17, 15) is 26.7 Å². The minimum atomic E-state index is -5.08. The van der Waals surface area contributed by atoms with Crippen LogP contribution in [0.25, 0.3) is 0 Å². The molecular weight excluding hydrogens is 471 g/mol. The fourth-order valence-corrected chi connectivity index (χ4v) is 3.70. The quantitative estimate of drug-likeness (QED) is 0.645. The molecule has 1 N–H and O–H groups in total. The molecule has 0 radical (unpaired) electrons. The van der Waals surface area contributed by atoms with Crippen LogP contribution in [-0.2, 0) is 16.6 Å². The first-order chi connectivity index (χ1) is 16.0. The molecule has 0 spiro atoms. The van der Waals surface area contributed by atoms with Crippen LogP contribution in [0.15, 0.2) is 24.7 Å². The smallest absolute Gasteiger partial charge is 0.475 e. The van der Waals surface area contributed by atoms with Gasteiger partial charge in [0.15, 0.2) is 0 Å². The SMILES string of the molecule is Cn1cc(C(=O)N2C[C@@H]3CN(c4ncccn4)CCO[C@@H]3C2)c(C(F)F)n1.O=C(O)C(F)(F)F. The maximum atomic E-state index is 13.2. The number of ether oxygens (including phenoxy) is 1. The van der Waals surface area contributed by atoms with Gasteiger partial charge in [-0.2, -0.15) is 18.3 Å². The maximum absolute atomic E-state index is 13.2.